The van der Waals surface area contributed by atoms with Crippen LogP contribution in [0.1, 0.15) is 12.0 Å². The van der Waals surface area contributed by atoms with Crippen LogP contribution in [-0.2, 0) is 4.79 Å². The van der Waals surface area contributed by atoms with Crippen molar-refractivity contribution in [1.82, 2.24) is 4.90 Å². The van der Waals surface area contributed by atoms with Crippen molar-refractivity contribution < 1.29 is 14.3 Å². The molecule has 1 aliphatic heterocycles. The number of likely N-dealkylation sites (tertiary alicyclic amines) is 1. The molecule has 0 aromatic heterocycles. The number of rotatable bonds is 5. The summed E-state index contributed by atoms with van der Waals surface area (Å²) in [5, 5.41) is 8.64. The molecule has 1 atom stereocenters. The third-order valence-electron chi connectivity index (χ3n) is 3.79. The molecule has 1 heterocycles. The Labute approximate surface area is 124 Å². The zero-order valence-electron chi connectivity index (χ0n) is 12.4. The molecule has 21 heavy (non-hydrogen) atoms. The Balaban J connectivity index is 2.09. The third kappa shape index (κ3) is 4.56. The number of hydrogen-bond donors (Lipinski definition) is 1. The largest absolute Gasteiger partial charge is 0.478 e. The van der Waals surface area contributed by atoms with Crippen LogP contribution in [0.4, 0.5) is 10.1 Å². The van der Waals surface area contributed by atoms with E-state index in [1.54, 1.807) is 6.07 Å². The summed E-state index contributed by atoms with van der Waals surface area (Å²) in [4.78, 5) is 14.9. The van der Waals surface area contributed by atoms with Crippen molar-refractivity contribution in [2.75, 3.05) is 38.6 Å². The van der Waals surface area contributed by atoms with Gasteiger partial charge in [-0.2, -0.15) is 0 Å². The normalized spacial score (nSPS) is 19.3. The number of carboxylic acids is 1. The summed E-state index contributed by atoms with van der Waals surface area (Å²) in [6, 6.07) is 4.62. The maximum Gasteiger partial charge on any atom is 0.328 e. The number of hydrogen-bond acceptors (Lipinski definition) is 3. The Hall–Kier alpha value is -1.88. The predicted molar refractivity (Wildman–Crippen MR) is 81.9 cm³/mol. The summed E-state index contributed by atoms with van der Waals surface area (Å²) in [7, 11) is 4.05. The van der Waals surface area contributed by atoms with E-state index in [2.05, 4.69) is 11.9 Å². The lowest BCUT2D eigenvalue weighted by Crippen LogP contribution is -2.27. The molecule has 1 saturated heterocycles. The van der Waals surface area contributed by atoms with Crippen LogP contribution in [0.15, 0.2) is 24.3 Å². The van der Waals surface area contributed by atoms with Crippen LogP contribution in [-0.4, -0.2) is 49.7 Å². The van der Waals surface area contributed by atoms with Gasteiger partial charge in [0.1, 0.15) is 5.82 Å². The van der Waals surface area contributed by atoms with Gasteiger partial charge >= 0.3 is 5.97 Å². The van der Waals surface area contributed by atoms with Crippen LogP contribution in [0.5, 0.6) is 0 Å². The first-order valence-electron chi connectivity index (χ1n) is 7.05. The van der Waals surface area contributed by atoms with Crippen molar-refractivity contribution in [2.24, 2.45) is 5.92 Å². The quantitative estimate of drug-likeness (QED) is 0.846. The second-order valence-corrected chi connectivity index (χ2v) is 5.71. The van der Waals surface area contributed by atoms with Gasteiger partial charge in [0.05, 0.1) is 0 Å². The molecule has 1 aromatic rings. The van der Waals surface area contributed by atoms with E-state index in [9.17, 15) is 9.18 Å². The van der Waals surface area contributed by atoms with Crippen molar-refractivity contribution in [3.05, 3.63) is 35.7 Å². The van der Waals surface area contributed by atoms with Gasteiger partial charge in [-0.15, -0.1) is 0 Å². The molecule has 1 fully saturated rings. The Bertz CT molecular complexity index is 545. The number of halogens is 1. The van der Waals surface area contributed by atoms with Crippen LogP contribution in [0.2, 0.25) is 0 Å². The maximum atomic E-state index is 13.7. The maximum absolute atomic E-state index is 13.7. The van der Waals surface area contributed by atoms with E-state index < -0.39 is 5.97 Å². The van der Waals surface area contributed by atoms with Crippen molar-refractivity contribution in [1.29, 1.82) is 0 Å². The minimum atomic E-state index is -1.04. The van der Waals surface area contributed by atoms with Gasteiger partial charge in [-0.25, -0.2) is 9.18 Å². The number of carboxylic acid groups (broad SMARTS) is 1. The first kappa shape index (κ1) is 15.5. The van der Waals surface area contributed by atoms with E-state index in [0.29, 0.717) is 11.5 Å². The molecule has 5 heteroatoms. The van der Waals surface area contributed by atoms with E-state index in [-0.39, 0.29) is 5.82 Å². The van der Waals surface area contributed by atoms with Crippen LogP contribution in [0.25, 0.3) is 6.08 Å². The van der Waals surface area contributed by atoms with E-state index in [1.807, 2.05) is 11.9 Å². The molecule has 1 aliphatic rings. The zero-order chi connectivity index (χ0) is 15.4. The second-order valence-electron chi connectivity index (χ2n) is 5.71. The lowest BCUT2D eigenvalue weighted by molar-refractivity contribution is -0.131. The predicted octanol–water partition coefficient (Wildman–Crippen LogP) is 2.31. The Kier molecular flexibility index (Phi) is 4.96. The number of aliphatic carboxylic acids is 1. The first-order chi connectivity index (χ1) is 9.94. The average molecular weight is 292 g/mol. The van der Waals surface area contributed by atoms with Crippen LogP contribution >= 0.6 is 0 Å². The lowest BCUT2D eigenvalue weighted by Gasteiger charge is -2.23. The fraction of sp³-hybridized carbons (Fsp3) is 0.438. The van der Waals surface area contributed by atoms with Crippen LogP contribution in [0.3, 0.4) is 0 Å². The van der Waals surface area contributed by atoms with Crippen LogP contribution < -0.4 is 4.90 Å². The van der Waals surface area contributed by atoms with E-state index in [1.165, 1.54) is 18.2 Å². The van der Waals surface area contributed by atoms with Gasteiger partial charge < -0.3 is 14.9 Å². The van der Waals surface area contributed by atoms with Gasteiger partial charge in [-0.3, -0.25) is 0 Å². The average Bonchev–Trinajstić information content (AvgIpc) is 2.81. The summed E-state index contributed by atoms with van der Waals surface area (Å²) in [6.07, 6.45) is 3.58. The Morgan fingerprint density at radius 1 is 1.52 bits per heavy atom. The lowest BCUT2D eigenvalue weighted by atomic mass is 10.1. The van der Waals surface area contributed by atoms with E-state index >= 15 is 0 Å². The molecule has 114 valence electrons. The molecular formula is C16H21FN2O2. The highest BCUT2D eigenvalue weighted by atomic mass is 19.1. The topological polar surface area (TPSA) is 43.8 Å². The van der Waals surface area contributed by atoms with Gasteiger partial charge in [0.15, 0.2) is 0 Å². The standard InChI is InChI=1S/C16H21FN2O2/c1-18-6-5-13(10-18)11-19(2)15-8-12(3-4-16(20)21)7-14(17)9-15/h3-4,7-9,13H,5-6,10-11H2,1-2H3,(H,20,21)/b4-3+. The summed E-state index contributed by atoms with van der Waals surface area (Å²) in [5.74, 6) is -0.808. The molecule has 0 bridgehead atoms. The fourth-order valence-corrected chi connectivity index (χ4v) is 2.75. The molecular weight excluding hydrogens is 271 g/mol. The van der Waals surface area contributed by atoms with Gasteiger partial charge in [0.2, 0.25) is 0 Å². The summed E-state index contributed by atoms with van der Waals surface area (Å²) >= 11 is 0. The Morgan fingerprint density at radius 3 is 2.90 bits per heavy atom. The number of anilines is 1. The van der Waals surface area contributed by atoms with Gasteiger partial charge in [0.25, 0.3) is 0 Å². The number of nitrogens with zero attached hydrogens (tertiary/aromatic N) is 2. The summed E-state index contributed by atoms with van der Waals surface area (Å²) < 4.78 is 13.7. The minimum Gasteiger partial charge on any atom is -0.478 e. The molecule has 0 radical (unpaired) electrons. The molecule has 2 rings (SSSR count). The molecule has 1 N–H and O–H groups in total. The highest BCUT2D eigenvalue weighted by Gasteiger charge is 2.21. The molecule has 0 aliphatic carbocycles. The van der Waals surface area contributed by atoms with Crippen molar-refractivity contribution in [3.8, 4) is 0 Å². The van der Waals surface area contributed by atoms with Gasteiger partial charge in [0, 0.05) is 31.9 Å². The zero-order valence-corrected chi connectivity index (χ0v) is 12.4. The molecule has 1 aromatic carbocycles. The van der Waals surface area contributed by atoms with Crippen LogP contribution in [0, 0.1) is 11.7 Å². The highest BCUT2D eigenvalue weighted by Crippen LogP contribution is 2.22. The van der Waals surface area contributed by atoms with E-state index in [4.69, 9.17) is 5.11 Å². The number of carbonyl (C=O) groups is 1. The molecule has 0 saturated carbocycles. The number of benzene rings is 1. The smallest absolute Gasteiger partial charge is 0.328 e. The van der Waals surface area contributed by atoms with Crippen molar-refractivity contribution >= 4 is 17.7 Å². The van der Waals surface area contributed by atoms with Crippen molar-refractivity contribution in [2.45, 2.75) is 6.42 Å². The Morgan fingerprint density at radius 2 is 2.29 bits per heavy atom. The SMILES string of the molecule is CN1CCC(CN(C)c2cc(F)cc(/C=C/C(=O)O)c2)C1. The molecule has 0 amide bonds. The summed E-state index contributed by atoms with van der Waals surface area (Å²) in [6.45, 7) is 3.04. The minimum absolute atomic E-state index is 0.354. The highest BCUT2D eigenvalue weighted by molar-refractivity contribution is 5.85. The second kappa shape index (κ2) is 6.72. The first-order valence-corrected chi connectivity index (χ1v) is 7.05. The molecule has 0 spiro atoms. The van der Waals surface area contributed by atoms with Gasteiger partial charge in [-0.1, -0.05) is 0 Å². The molecule has 4 nitrogen and oxygen atoms in total. The monoisotopic (exact) mass is 292 g/mol. The fourth-order valence-electron chi connectivity index (χ4n) is 2.75. The van der Waals surface area contributed by atoms with E-state index in [0.717, 1.165) is 37.8 Å². The summed E-state index contributed by atoms with van der Waals surface area (Å²) in [5.41, 5.74) is 1.33. The van der Waals surface area contributed by atoms with Crippen molar-refractivity contribution in [3.63, 3.8) is 0 Å². The molecule has 1 unspecified atom stereocenters. The third-order valence-corrected chi connectivity index (χ3v) is 3.79. The van der Waals surface area contributed by atoms with Gasteiger partial charge in [-0.05, 0) is 55.8 Å².